The van der Waals surface area contributed by atoms with Crippen LogP contribution in [-0.4, -0.2) is 11.7 Å². The summed E-state index contributed by atoms with van der Waals surface area (Å²) in [6, 6.07) is 0. The van der Waals surface area contributed by atoms with E-state index >= 15 is 0 Å². The maximum atomic E-state index is 8.58. The quantitative estimate of drug-likeness (QED) is 0.487. The highest BCUT2D eigenvalue weighted by Gasteiger charge is 2.02. The van der Waals surface area contributed by atoms with Crippen LogP contribution in [0.5, 0.6) is 0 Å². The first-order chi connectivity index (χ1) is 5.43. The molecule has 1 aliphatic carbocycles. The molecular weight excluding hydrogens is 136 g/mol. The van der Waals surface area contributed by atoms with Gasteiger partial charge in [-0.2, -0.15) is 0 Å². The Kier molecular flexibility index (Phi) is 4.29. The number of rotatable bonds is 4. The summed E-state index contributed by atoms with van der Waals surface area (Å²) in [7, 11) is 0. The largest absolute Gasteiger partial charge is 0.396 e. The van der Waals surface area contributed by atoms with Crippen molar-refractivity contribution in [3.63, 3.8) is 0 Å². The molecule has 0 fully saturated rings. The van der Waals surface area contributed by atoms with Crippen molar-refractivity contribution in [1.29, 1.82) is 0 Å². The number of aliphatic hydroxyl groups is 1. The molecule has 1 rings (SSSR count). The van der Waals surface area contributed by atoms with E-state index in [0.29, 0.717) is 6.61 Å². The molecule has 0 bridgehead atoms. The Morgan fingerprint density at radius 2 is 2.18 bits per heavy atom. The van der Waals surface area contributed by atoms with Crippen LogP contribution in [0.2, 0.25) is 0 Å². The fourth-order valence-electron chi connectivity index (χ4n) is 1.60. The van der Waals surface area contributed by atoms with Gasteiger partial charge in [0.15, 0.2) is 0 Å². The van der Waals surface area contributed by atoms with Gasteiger partial charge in [-0.1, -0.05) is 11.6 Å². The molecule has 1 heteroatoms. The zero-order chi connectivity index (χ0) is 7.94. The normalized spacial score (nSPS) is 18.1. The van der Waals surface area contributed by atoms with Gasteiger partial charge >= 0.3 is 0 Å². The minimum atomic E-state index is 0.354. The summed E-state index contributed by atoms with van der Waals surface area (Å²) in [4.78, 5) is 0. The molecule has 0 radical (unpaired) electrons. The third kappa shape index (κ3) is 3.57. The average molecular weight is 154 g/mol. The molecule has 0 heterocycles. The predicted octanol–water partition coefficient (Wildman–Crippen LogP) is 2.65. The lowest BCUT2D eigenvalue weighted by Gasteiger charge is -2.11. The number of aliphatic hydroxyl groups excluding tert-OH is 1. The topological polar surface area (TPSA) is 20.2 Å². The minimum absolute atomic E-state index is 0.354. The standard InChI is InChI=1S/C10H18O/c11-9-5-4-8-10-6-2-1-3-7-10/h6,11H,1-5,7-9H2. The third-order valence-corrected chi connectivity index (χ3v) is 2.29. The molecule has 64 valence electrons. The number of allylic oxidation sites excluding steroid dienone is 2. The highest BCUT2D eigenvalue weighted by Crippen LogP contribution is 2.21. The van der Waals surface area contributed by atoms with Crippen LogP contribution in [0.3, 0.4) is 0 Å². The second kappa shape index (κ2) is 5.36. The Morgan fingerprint density at radius 1 is 1.27 bits per heavy atom. The molecular formula is C10H18O. The highest BCUT2D eigenvalue weighted by molar-refractivity contribution is 5.04. The second-order valence-corrected chi connectivity index (χ2v) is 3.29. The van der Waals surface area contributed by atoms with Gasteiger partial charge in [0.05, 0.1) is 0 Å². The fourth-order valence-corrected chi connectivity index (χ4v) is 1.60. The van der Waals surface area contributed by atoms with Crippen molar-refractivity contribution in [2.45, 2.75) is 44.9 Å². The molecule has 0 saturated heterocycles. The zero-order valence-electron chi connectivity index (χ0n) is 7.18. The van der Waals surface area contributed by atoms with Gasteiger partial charge in [0.25, 0.3) is 0 Å². The first-order valence-electron chi connectivity index (χ1n) is 4.72. The van der Waals surface area contributed by atoms with Crippen LogP contribution in [0, 0.1) is 0 Å². The van der Waals surface area contributed by atoms with Crippen LogP contribution < -0.4 is 0 Å². The monoisotopic (exact) mass is 154 g/mol. The van der Waals surface area contributed by atoms with Crippen molar-refractivity contribution in [3.05, 3.63) is 11.6 Å². The van der Waals surface area contributed by atoms with Crippen LogP contribution in [0.15, 0.2) is 11.6 Å². The molecule has 0 saturated carbocycles. The molecule has 1 N–H and O–H groups in total. The first kappa shape index (κ1) is 8.79. The molecule has 0 aliphatic heterocycles. The average Bonchev–Trinajstić information content (AvgIpc) is 2.07. The van der Waals surface area contributed by atoms with E-state index in [1.807, 2.05) is 0 Å². The molecule has 0 atom stereocenters. The van der Waals surface area contributed by atoms with Gasteiger partial charge in [0, 0.05) is 6.61 Å². The summed E-state index contributed by atoms with van der Waals surface area (Å²) in [5.41, 5.74) is 1.63. The molecule has 1 nitrogen and oxygen atoms in total. The van der Waals surface area contributed by atoms with E-state index in [2.05, 4.69) is 6.08 Å². The zero-order valence-corrected chi connectivity index (χ0v) is 7.18. The van der Waals surface area contributed by atoms with Gasteiger partial charge in [-0.05, 0) is 44.9 Å². The predicted molar refractivity (Wildman–Crippen MR) is 47.5 cm³/mol. The van der Waals surface area contributed by atoms with Gasteiger partial charge in [-0.15, -0.1) is 0 Å². The van der Waals surface area contributed by atoms with E-state index < -0.39 is 0 Å². The second-order valence-electron chi connectivity index (χ2n) is 3.29. The summed E-state index contributed by atoms with van der Waals surface area (Å²) < 4.78 is 0. The molecule has 1 aliphatic rings. The molecule has 0 amide bonds. The summed E-state index contributed by atoms with van der Waals surface area (Å²) in [6.07, 6.45) is 11.1. The van der Waals surface area contributed by atoms with E-state index in [9.17, 15) is 0 Å². The van der Waals surface area contributed by atoms with Crippen LogP contribution in [0.25, 0.3) is 0 Å². The Morgan fingerprint density at radius 3 is 2.82 bits per heavy atom. The Balaban J connectivity index is 2.09. The number of hydrogen-bond acceptors (Lipinski definition) is 1. The molecule has 0 aromatic heterocycles. The molecule has 0 unspecified atom stereocenters. The summed E-state index contributed by atoms with van der Waals surface area (Å²) in [5, 5.41) is 8.58. The summed E-state index contributed by atoms with van der Waals surface area (Å²) in [6.45, 7) is 0.354. The first-order valence-corrected chi connectivity index (χ1v) is 4.72. The lowest BCUT2D eigenvalue weighted by Crippen LogP contribution is -1.92. The molecule has 11 heavy (non-hydrogen) atoms. The minimum Gasteiger partial charge on any atom is -0.396 e. The van der Waals surface area contributed by atoms with Crippen LogP contribution in [0.1, 0.15) is 44.9 Å². The van der Waals surface area contributed by atoms with Crippen LogP contribution in [0.4, 0.5) is 0 Å². The van der Waals surface area contributed by atoms with Crippen molar-refractivity contribution in [2.75, 3.05) is 6.61 Å². The third-order valence-electron chi connectivity index (χ3n) is 2.29. The summed E-state index contributed by atoms with van der Waals surface area (Å²) >= 11 is 0. The Hall–Kier alpha value is -0.300. The Labute approximate surface area is 69.1 Å². The SMILES string of the molecule is OCCCCC1=CCCCC1. The Bertz CT molecular complexity index is 127. The van der Waals surface area contributed by atoms with E-state index in [-0.39, 0.29) is 0 Å². The fraction of sp³-hybridized carbons (Fsp3) is 0.800. The van der Waals surface area contributed by atoms with E-state index in [1.165, 1.54) is 38.5 Å². The van der Waals surface area contributed by atoms with Gasteiger partial charge in [0.2, 0.25) is 0 Å². The van der Waals surface area contributed by atoms with E-state index in [1.54, 1.807) is 5.57 Å². The molecule has 0 spiro atoms. The van der Waals surface area contributed by atoms with Crippen molar-refractivity contribution in [1.82, 2.24) is 0 Å². The highest BCUT2D eigenvalue weighted by atomic mass is 16.2. The maximum Gasteiger partial charge on any atom is 0.0431 e. The van der Waals surface area contributed by atoms with Crippen molar-refractivity contribution in [3.8, 4) is 0 Å². The van der Waals surface area contributed by atoms with Gasteiger partial charge in [-0.3, -0.25) is 0 Å². The maximum absolute atomic E-state index is 8.58. The van der Waals surface area contributed by atoms with Gasteiger partial charge in [0.1, 0.15) is 0 Å². The molecule has 0 aromatic rings. The molecule has 0 aromatic carbocycles. The van der Waals surface area contributed by atoms with Crippen LogP contribution >= 0.6 is 0 Å². The number of hydrogen-bond donors (Lipinski definition) is 1. The lowest BCUT2D eigenvalue weighted by molar-refractivity contribution is 0.284. The number of unbranched alkanes of at least 4 members (excludes halogenated alkanes) is 1. The van der Waals surface area contributed by atoms with Gasteiger partial charge in [-0.25, -0.2) is 0 Å². The van der Waals surface area contributed by atoms with Crippen molar-refractivity contribution < 1.29 is 5.11 Å². The lowest BCUT2D eigenvalue weighted by atomic mass is 9.96. The van der Waals surface area contributed by atoms with Crippen molar-refractivity contribution in [2.24, 2.45) is 0 Å². The van der Waals surface area contributed by atoms with E-state index in [4.69, 9.17) is 5.11 Å². The van der Waals surface area contributed by atoms with Crippen molar-refractivity contribution >= 4 is 0 Å². The summed E-state index contributed by atoms with van der Waals surface area (Å²) in [5.74, 6) is 0. The smallest absolute Gasteiger partial charge is 0.0431 e. The van der Waals surface area contributed by atoms with Gasteiger partial charge < -0.3 is 5.11 Å². The van der Waals surface area contributed by atoms with Crippen LogP contribution in [-0.2, 0) is 0 Å². The van der Waals surface area contributed by atoms with E-state index in [0.717, 1.165) is 6.42 Å².